The second-order valence-electron chi connectivity index (χ2n) is 7.76. The lowest BCUT2D eigenvalue weighted by Crippen LogP contribution is -2.31. The average molecular weight is 411 g/mol. The molecule has 0 aromatic heterocycles. The molecule has 1 heterocycles. The van der Waals surface area contributed by atoms with Crippen molar-refractivity contribution in [1.29, 1.82) is 0 Å². The van der Waals surface area contributed by atoms with Crippen LogP contribution in [0.2, 0.25) is 0 Å². The maximum atomic E-state index is 13.6. The van der Waals surface area contributed by atoms with E-state index in [4.69, 9.17) is 0 Å². The smallest absolute Gasteiger partial charge is 0.275 e. The van der Waals surface area contributed by atoms with Crippen molar-refractivity contribution in [3.63, 3.8) is 0 Å². The molecule has 3 aromatic rings. The number of nitrogens with one attached hydrogen (secondary N) is 1. The van der Waals surface area contributed by atoms with E-state index in [0.717, 1.165) is 22.4 Å². The summed E-state index contributed by atoms with van der Waals surface area (Å²) in [6, 6.07) is 24.2. The number of carboxylic acid groups (broad SMARTS) is 1. The second-order valence-corrected chi connectivity index (χ2v) is 7.76. The molecule has 1 atom stereocenters. The van der Waals surface area contributed by atoms with Crippen molar-refractivity contribution in [3.05, 3.63) is 107 Å². The van der Waals surface area contributed by atoms with Crippen molar-refractivity contribution in [2.24, 2.45) is 0 Å². The largest absolute Gasteiger partial charge is 0.550 e. The summed E-state index contributed by atoms with van der Waals surface area (Å²) in [7, 11) is 0. The molecular weight excluding hydrogens is 388 g/mol. The predicted molar refractivity (Wildman–Crippen MR) is 119 cm³/mol. The molecule has 1 aliphatic heterocycles. The summed E-state index contributed by atoms with van der Waals surface area (Å²) in [5.41, 5.74) is 5.21. The molecular formula is C26H23N2O3-. The van der Waals surface area contributed by atoms with Gasteiger partial charge in [0.1, 0.15) is 5.70 Å². The summed E-state index contributed by atoms with van der Waals surface area (Å²) in [4.78, 5) is 27.0. The minimum atomic E-state index is -1.22. The zero-order valence-corrected chi connectivity index (χ0v) is 17.5. The highest BCUT2D eigenvalue weighted by Crippen LogP contribution is 2.42. The topological polar surface area (TPSA) is 72.5 Å². The molecule has 0 fully saturated rings. The number of hydrogen-bond donors (Lipinski definition) is 1. The molecule has 31 heavy (non-hydrogen) atoms. The van der Waals surface area contributed by atoms with Gasteiger partial charge in [-0.25, -0.2) is 0 Å². The van der Waals surface area contributed by atoms with Gasteiger partial charge in [0, 0.05) is 23.8 Å². The highest BCUT2D eigenvalue weighted by molar-refractivity contribution is 6.12. The van der Waals surface area contributed by atoms with E-state index in [1.165, 1.54) is 0 Å². The van der Waals surface area contributed by atoms with E-state index in [-0.39, 0.29) is 18.0 Å². The van der Waals surface area contributed by atoms with Crippen molar-refractivity contribution >= 4 is 23.3 Å². The molecule has 5 heteroatoms. The molecule has 1 amide bonds. The Kier molecular flexibility index (Phi) is 5.58. The van der Waals surface area contributed by atoms with Gasteiger partial charge in [-0.1, -0.05) is 65.7 Å². The Bertz CT molecular complexity index is 1130. The van der Waals surface area contributed by atoms with E-state index in [1.54, 1.807) is 4.90 Å². The zero-order valence-electron chi connectivity index (χ0n) is 17.5. The number of rotatable bonds is 6. The lowest BCUT2D eigenvalue weighted by atomic mass is 9.96. The summed E-state index contributed by atoms with van der Waals surface area (Å²) in [5, 5.41) is 14.8. The molecule has 4 rings (SSSR count). The van der Waals surface area contributed by atoms with E-state index >= 15 is 0 Å². The van der Waals surface area contributed by atoms with Crippen LogP contribution >= 0.6 is 0 Å². The second kappa shape index (κ2) is 8.48. The Labute approximate surface area is 181 Å². The maximum Gasteiger partial charge on any atom is 0.275 e. The number of aryl methyl sites for hydroxylation is 2. The average Bonchev–Trinajstić information content (AvgIpc) is 3.02. The van der Waals surface area contributed by atoms with Gasteiger partial charge in [-0.15, -0.1) is 0 Å². The van der Waals surface area contributed by atoms with Gasteiger partial charge < -0.3 is 15.2 Å². The number of carbonyl (C=O) groups excluding carboxylic acids is 2. The molecule has 5 nitrogen and oxygen atoms in total. The first-order valence-electron chi connectivity index (χ1n) is 10.2. The maximum absolute atomic E-state index is 13.6. The van der Waals surface area contributed by atoms with Crippen LogP contribution in [0.15, 0.2) is 90.1 Å². The molecule has 0 aliphatic carbocycles. The summed E-state index contributed by atoms with van der Waals surface area (Å²) >= 11 is 0. The third-order valence-corrected chi connectivity index (χ3v) is 5.43. The Hall–Kier alpha value is -3.86. The Morgan fingerprint density at radius 3 is 2.06 bits per heavy atom. The van der Waals surface area contributed by atoms with Gasteiger partial charge in [-0.05, 0) is 49.2 Å². The fourth-order valence-corrected chi connectivity index (χ4v) is 3.88. The Balaban J connectivity index is 1.85. The standard InChI is InChI=1S/C26H24N2O3/c1-17-8-12-20(13-9-17)27-24-22(16-23(29)30)25(19-6-4-3-5-7-19)28(26(24)31)21-14-10-18(2)11-15-21/h3-15,25,27H,16H2,1-2H3,(H,29,30)/p-1/t25-/m1/s1. The lowest BCUT2D eigenvalue weighted by molar-refractivity contribution is -0.304. The number of amides is 1. The first kappa shape index (κ1) is 20.4. The Morgan fingerprint density at radius 2 is 1.48 bits per heavy atom. The molecule has 3 aromatic carbocycles. The van der Waals surface area contributed by atoms with Crippen molar-refractivity contribution in [3.8, 4) is 0 Å². The van der Waals surface area contributed by atoms with E-state index < -0.39 is 12.0 Å². The number of benzene rings is 3. The van der Waals surface area contributed by atoms with Crippen molar-refractivity contribution in [2.75, 3.05) is 10.2 Å². The van der Waals surface area contributed by atoms with Crippen LogP contribution in [-0.4, -0.2) is 11.9 Å². The molecule has 0 saturated carbocycles. The highest BCUT2D eigenvalue weighted by atomic mass is 16.4. The molecule has 0 unspecified atom stereocenters. The molecule has 1 aliphatic rings. The normalized spacial score (nSPS) is 16.0. The number of nitrogens with zero attached hydrogens (tertiary/aromatic N) is 1. The third kappa shape index (κ3) is 4.21. The van der Waals surface area contributed by atoms with Gasteiger partial charge in [0.25, 0.3) is 5.91 Å². The van der Waals surface area contributed by atoms with Gasteiger partial charge >= 0.3 is 0 Å². The van der Waals surface area contributed by atoms with Crippen molar-refractivity contribution in [2.45, 2.75) is 26.3 Å². The van der Waals surface area contributed by atoms with Crippen LogP contribution < -0.4 is 15.3 Å². The first-order valence-corrected chi connectivity index (χ1v) is 10.2. The minimum Gasteiger partial charge on any atom is -0.550 e. The van der Waals surface area contributed by atoms with E-state index in [9.17, 15) is 14.7 Å². The summed E-state index contributed by atoms with van der Waals surface area (Å²) in [6.45, 7) is 3.96. The number of anilines is 2. The fraction of sp³-hybridized carbons (Fsp3) is 0.154. The van der Waals surface area contributed by atoms with Crippen LogP contribution in [-0.2, 0) is 9.59 Å². The Morgan fingerprint density at radius 1 is 0.903 bits per heavy atom. The molecule has 0 saturated heterocycles. The number of aliphatic carboxylic acids is 1. The van der Waals surface area contributed by atoms with Crippen molar-refractivity contribution in [1.82, 2.24) is 0 Å². The highest BCUT2D eigenvalue weighted by Gasteiger charge is 2.41. The van der Waals surface area contributed by atoms with Gasteiger partial charge in [-0.2, -0.15) is 0 Å². The molecule has 0 spiro atoms. The van der Waals surface area contributed by atoms with Crippen LogP contribution in [0.3, 0.4) is 0 Å². The molecule has 1 N–H and O–H groups in total. The van der Waals surface area contributed by atoms with E-state index in [0.29, 0.717) is 11.3 Å². The van der Waals surface area contributed by atoms with Crippen LogP contribution in [0.5, 0.6) is 0 Å². The monoisotopic (exact) mass is 411 g/mol. The van der Waals surface area contributed by atoms with Crippen LogP contribution in [0, 0.1) is 13.8 Å². The SMILES string of the molecule is Cc1ccc(NC2=C(CC(=O)[O-])[C@@H](c3ccccc3)N(c3ccc(C)cc3)C2=O)cc1. The van der Waals surface area contributed by atoms with Gasteiger partial charge in [0.2, 0.25) is 0 Å². The minimum absolute atomic E-state index is 0.269. The number of carboxylic acids is 1. The summed E-state index contributed by atoms with van der Waals surface area (Å²) < 4.78 is 0. The summed E-state index contributed by atoms with van der Waals surface area (Å²) in [5.74, 6) is -1.49. The van der Waals surface area contributed by atoms with Crippen LogP contribution in [0.4, 0.5) is 11.4 Å². The van der Waals surface area contributed by atoms with Crippen LogP contribution in [0.25, 0.3) is 0 Å². The zero-order chi connectivity index (χ0) is 22.0. The van der Waals surface area contributed by atoms with Gasteiger partial charge in [0.05, 0.1) is 6.04 Å². The van der Waals surface area contributed by atoms with E-state index in [1.807, 2.05) is 92.7 Å². The predicted octanol–water partition coefficient (Wildman–Crippen LogP) is 3.90. The van der Waals surface area contributed by atoms with Crippen molar-refractivity contribution < 1.29 is 14.7 Å². The third-order valence-electron chi connectivity index (χ3n) is 5.43. The van der Waals surface area contributed by atoms with E-state index in [2.05, 4.69) is 5.32 Å². The lowest BCUT2D eigenvalue weighted by Gasteiger charge is -2.28. The summed E-state index contributed by atoms with van der Waals surface area (Å²) in [6.07, 6.45) is -0.345. The fourth-order valence-electron chi connectivity index (χ4n) is 3.88. The number of carbonyl (C=O) groups is 2. The van der Waals surface area contributed by atoms with Gasteiger partial charge in [0.15, 0.2) is 0 Å². The molecule has 0 bridgehead atoms. The van der Waals surface area contributed by atoms with Crippen LogP contribution in [0.1, 0.15) is 29.2 Å². The number of hydrogen-bond acceptors (Lipinski definition) is 4. The molecule has 0 radical (unpaired) electrons. The molecule has 156 valence electrons. The first-order chi connectivity index (χ1) is 14.9. The van der Waals surface area contributed by atoms with Gasteiger partial charge in [-0.3, -0.25) is 9.69 Å². The quantitative estimate of drug-likeness (QED) is 0.668.